The predicted molar refractivity (Wildman–Crippen MR) is 41.1 cm³/mol. The number of aliphatic hydroxyl groups excluding tert-OH is 1. The molecule has 2 heterocycles. The molecular formula is C6H9N2OS+. The van der Waals surface area contributed by atoms with Crippen molar-refractivity contribution in [2.45, 2.75) is 18.9 Å². The summed E-state index contributed by atoms with van der Waals surface area (Å²) < 4.78 is 1.95. The highest BCUT2D eigenvalue weighted by Gasteiger charge is 2.39. The molecule has 0 fully saturated rings. The van der Waals surface area contributed by atoms with Gasteiger partial charge in [-0.15, -0.1) is 4.68 Å². The molecule has 0 bridgehead atoms. The monoisotopic (exact) mass is 157 g/mol. The molecule has 2 rings (SSSR count). The summed E-state index contributed by atoms with van der Waals surface area (Å²) in [5.41, 5.74) is 3.99. The van der Waals surface area contributed by atoms with Crippen LogP contribution in [0.2, 0.25) is 0 Å². The molecule has 0 saturated heterocycles. The zero-order valence-corrected chi connectivity index (χ0v) is 6.32. The van der Waals surface area contributed by atoms with E-state index in [1.807, 2.05) is 4.68 Å². The number of thiocarbonyl (C=S) groups is 1. The first kappa shape index (κ1) is 6.24. The molecule has 0 saturated carbocycles. The van der Waals surface area contributed by atoms with Crippen molar-refractivity contribution < 1.29 is 9.79 Å². The Kier molecular flexibility index (Phi) is 1.25. The van der Waals surface area contributed by atoms with E-state index >= 15 is 0 Å². The highest BCUT2D eigenvalue weighted by atomic mass is 32.1. The van der Waals surface area contributed by atoms with Crippen LogP contribution in [0.3, 0.4) is 0 Å². The number of nitrogens with zero attached hydrogens (tertiary/aromatic N) is 1. The number of aliphatic hydroxyl groups is 1. The van der Waals surface area contributed by atoms with Crippen molar-refractivity contribution in [1.29, 1.82) is 0 Å². The molecule has 0 aromatic heterocycles. The molecule has 54 valence electrons. The van der Waals surface area contributed by atoms with E-state index in [1.54, 1.807) is 0 Å². The maximum atomic E-state index is 9.39. The van der Waals surface area contributed by atoms with Crippen LogP contribution in [0, 0.1) is 0 Å². The molecule has 2 aliphatic heterocycles. The maximum Gasteiger partial charge on any atom is 0.218 e. The van der Waals surface area contributed by atoms with Crippen LogP contribution in [-0.2, 0) is 0 Å². The average molecular weight is 157 g/mol. The highest BCUT2D eigenvalue weighted by Crippen LogP contribution is 2.11. The largest absolute Gasteiger partial charge is 0.376 e. The Balaban J connectivity index is 2.30. The number of hydrogen-bond donors (Lipinski definition) is 2. The van der Waals surface area contributed by atoms with Gasteiger partial charge in [0.2, 0.25) is 5.71 Å². The zero-order valence-electron chi connectivity index (χ0n) is 5.50. The average Bonchev–Trinajstić information content (AvgIpc) is 2.41. The van der Waals surface area contributed by atoms with E-state index < -0.39 is 6.10 Å². The topological polar surface area (TPSA) is 35.3 Å². The molecule has 0 radical (unpaired) electrons. The Morgan fingerprint density at radius 2 is 2.50 bits per heavy atom. The van der Waals surface area contributed by atoms with Crippen LogP contribution in [0.15, 0.2) is 0 Å². The highest BCUT2D eigenvalue weighted by molar-refractivity contribution is 7.80. The lowest BCUT2D eigenvalue weighted by molar-refractivity contribution is -0.558. The molecule has 0 aromatic rings. The first-order valence-corrected chi connectivity index (χ1v) is 3.81. The fraction of sp³-hybridized carbons (Fsp3) is 0.667. The Morgan fingerprint density at radius 3 is 3.20 bits per heavy atom. The lowest BCUT2D eigenvalue weighted by Crippen LogP contribution is -2.30. The molecular weight excluding hydrogens is 148 g/mol. The first-order chi connectivity index (χ1) is 4.79. The second kappa shape index (κ2) is 2.00. The summed E-state index contributed by atoms with van der Waals surface area (Å²) in [6.45, 7) is 0.979. The van der Waals surface area contributed by atoms with Gasteiger partial charge in [0.15, 0.2) is 17.6 Å². The van der Waals surface area contributed by atoms with Crippen molar-refractivity contribution in [2.24, 2.45) is 0 Å². The Labute approximate surface area is 64.3 Å². The summed E-state index contributed by atoms with van der Waals surface area (Å²) in [5, 5.41) is 9.39. The minimum absolute atomic E-state index is 0.502. The third kappa shape index (κ3) is 0.690. The van der Waals surface area contributed by atoms with Crippen molar-refractivity contribution in [3.63, 3.8) is 0 Å². The SMILES string of the molecule is OC1C(=S)N[N+]2=C1CCC2. The third-order valence-electron chi connectivity index (χ3n) is 1.97. The summed E-state index contributed by atoms with van der Waals surface area (Å²) in [6, 6.07) is 0. The summed E-state index contributed by atoms with van der Waals surface area (Å²) >= 11 is 4.87. The van der Waals surface area contributed by atoms with Crippen LogP contribution < -0.4 is 5.43 Å². The number of hydrazine groups is 1. The second-order valence-corrected chi connectivity index (χ2v) is 3.06. The normalized spacial score (nSPS) is 30.9. The van der Waals surface area contributed by atoms with E-state index in [1.165, 1.54) is 0 Å². The van der Waals surface area contributed by atoms with Gasteiger partial charge < -0.3 is 5.11 Å². The number of hydrogen-bond acceptors (Lipinski definition) is 2. The molecule has 0 amide bonds. The van der Waals surface area contributed by atoms with E-state index in [0.717, 1.165) is 25.1 Å². The van der Waals surface area contributed by atoms with Gasteiger partial charge in [0.25, 0.3) is 0 Å². The Morgan fingerprint density at radius 1 is 1.70 bits per heavy atom. The summed E-state index contributed by atoms with van der Waals surface area (Å²) in [7, 11) is 0. The van der Waals surface area contributed by atoms with Crippen LogP contribution in [0.25, 0.3) is 0 Å². The van der Waals surface area contributed by atoms with Crippen LogP contribution in [0.5, 0.6) is 0 Å². The Bertz CT molecular complexity index is 224. The zero-order chi connectivity index (χ0) is 7.14. The number of hydrazone groups is 1. The van der Waals surface area contributed by atoms with Gasteiger partial charge in [0, 0.05) is 12.8 Å². The lowest BCUT2D eigenvalue weighted by Gasteiger charge is -1.95. The van der Waals surface area contributed by atoms with Crippen molar-refractivity contribution in [3.8, 4) is 0 Å². The molecule has 0 aliphatic carbocycles. The third-order valence-corrected chi connectivity index (χ3v) is 2.29. The first-order valence-electron chi connectivity index (χ1n) is 3.41. The molecule has 1 atom stereocenters. The van der Waals surface area contributed by atoms with Crippen molar-refractivity contribution >= 4 is 22.9 Å². The summed E-state index contributed by atoms with van der Waals surface area (Å²) in [4.78, 5) is 0.551. The minimum atomic E-state index is -0.502. The standard InChI is InChI=1S/C6H8N2OS/c9-5-4-2-1-3-8(4)7-6(5)10/h5,9H,1-3H2/p+1. The summed E-state index contributed by atoms with van der Waals surface area (Å²) in [5.74, 6) is 0. The van der Waals surface area contributed by atoms with Crippen molar-refractivity contribution in [3.05, 3.63) is 0 Å². The fourth-order valence-electron chi connectivity index (χ4n) is 1.45. The molecule has 4 heteroatoms. The molecule has 0 aromatic carbocycles. The second-order valence-electron chi connectivity index (χ2n) is 2.63. The maximum absolute atomic E-state index is 9.39. The molecule has 2 aliphatic rings. The smallest absolute Gasteiger partial charge is 0.218 e. The van der Waals surface area contributed by atoms with Gasteiger partial charge in [0.1, 0.15) is 0 Å². The van der Waals surface area contributed by atoms with Gasteiger partial charge in [-0.05, 0) is 0 Å². The van der Waals surface area contributed by atoms with Gasteiger partial charge in [-0.1, -0.05) is 12.2 Å². The lowest BCUT2D eigenvalue weighted by atomic mass is 10.2. The van der Waals surface area contributed by atoms with E-state index in [4.69, 9.17) is 12.2 Å². The molecule has 2 N–H and O–H groups in total. The molecule has 3 nitrogen and oxygen atoms in total. The van der Waals surface area contributed by atoms with E-state index in [-0.39, 0.29) is 0 Å². The van der Waals surface area contributed by atoms with Gasteiger partial charge in [0.05, 0.1) is 0 Å². The van der Waals surface area contributed by atoms with E-state index in [9.17, 15) is 5.11 Å². The van der Waals surface area contributed by atoms with Gasteiger partial charge in [-0.25, -0.2) is 0 Å². The van der Waals surface area contributed by atoms with Gasteiger partial charge in [-0.3, -0.25) is 0 Å². The predicted octanol–water partition coefficient (Wildman–Crippen LogP) is -0.560. The fourth-order valence-corrected chi connectivity index (χ4v) is 1.70. The van der Waals surface area contributed by atoms with Gasteiger partial charge in [-0.2, -0.15) is 5.43 Å². The van der Waals surface area contributed by atoms with Crippen LogP contribution >= 0.6 is 12.2 Å². The molecule has 10 heavy (non-hydrogen) atoms. The van der Waals surface area contributed by atoms with Crippen LogP contribution in [0.1, 0.15) is 12.8 Å². The molecule has 0 spiro atoms. The van der Waals surface area contributed by atoms with Crippen molar-refractivity contribution in [1.82, 2.24) is 5.43 Å². The number of nitrogens with one attached hydrogen (secondary N) is 1. The van der Waals surface area contributed by atoms with Crippen LogP contribution in [0.4, 0.5) is 0 Å². The number of rotatable bonds is 0. The Hall–Kier alpha value is -0.480. The quantitative estimate of drug-likeness (QED) is 0.365. The van der Waals surface area contributed by atoms with Gasteiger partial charge >= 0.3 is 0 Å². The summed E-state index contributed by atoms with van der Waals surface area (Å²) in [6.07, 6.45) is 1.61. The minimum Gasteiger partial charge on any atom is -0.376 e. The van der Waals surface area contributed by atoms with E-state index in [0.29, 0.717) is 4.99 Å². The van der Waals surface area contributed by atoms with Crippen molar-refractivity contribution in [2.75, 3.05) is 6.54 Å². The van der Waals surface area contributed by atoms with E-state index in [2.05, 4.69) is 5.43 Å². The molecule has 1 unspecified atom stereocenters. The van der Waals surface area contributed by atoms with Crippen LogP contribution in [-0.4, -0.2) is 33.1 Å².